The van der Waals surface area contributed by atoms with Crippen LogP contribution in [0.2, 0.25) is 5.02 Å². The Hall–Kier alpha value is -2.11. The van der Waals surface area contributed by atoms with E-state index >= 15 is 0 Å². The van der Waals surface area contributed by atoms with Crippen LogP contribution in [0, 0.1) is 11.7 Å². The molecule has 0 aliphatic carbocycles. The molecule has 0 aliphatic heterocycles. The Morgan fingerprint density at radius 2 is 2.00 bits per heavy atom. The molecule has 0 unspecified atom stereocenters. The number of fused-ring (bicyclic) bond motifs is 1. The predicted molar refractivity (Wildman–Crippen MR) is 91.0 cm³/mol. The number of hydrogen-bond donors (Lipinski definition) is 1. The van der Waals surface area contributed by atoms with E-state index in [-0.39, 0.29) is 5.56 Å². The van der Waals surface area contributed by atoms with Crippen LogP contribution in [0.25, 0.3) is 16.6 Å². The molecule has 3 aromatic rings. The number of nitrogens with one attached hydrogen (secondary N) is 1. The van der Waals surface area contributed by atoms with Gasteiger partial charge in [-0.2, -0.15) is 0 Å². The van der Waals surface area contributed by atoms with Crippen molar-refractivity contribution in [3.05, 3.63) is 62.1 Å². The molecular formula is C16H13ClN2O2S. The van der Waals surface area contributed by atoms with E-state index in [1.165, 1.54) is 11.7 Å². The van der Waals surface area contributed by atoms with Crippen LogP contribution in [0.15, 0.2) is 41.2 Å². The molecule has 0 saturated heterocycles. The highest BCUT2D eigenvalue weighted by Crippen LogP contribution is 2.29. The number of nitrogens with zero attached hydrogens (tertiary/aromatic N) is 1. The van der Waals surface area contributed by atoms with Crippen LogP contribution in [0.5, 0.6) is 5.75 Å². The van der Waals surface area contributed by atoms with Crippen molar-refractivity contribution in [2.75, 3.05) is 7.11 Å². The van der Waals surface area contributed by atoms with Gasteiger partial charge in [0.25, 0.3) is 5.56 Å². The first-order valence-electron chi connectivity index (χ1n) is 6.61. The number of methoxy groups -OCH3 is 1. The highest BCUT2D eigenvalue weighted by atomic mass is 35.5. The third-order valence-corrected chi connectivity index (χ3v) is 4.20. The van der Waals surface area contributed by atoms with Crippen molar-refractivity contribution >= 4 is 34.7 Å². The average molecular weight is 333 g/mol. The lowest BCUT2D eigenvalue weighted by Crippen LogP contribution is -2.21. The molecule has 1 aromatic heterocycles. The minimum Gasteiger partial charge on any atom is -0.495 e. The lowest BCUT2D eigenvalue weighted by atomic mass is 10.2. The fourth-order valence-electron chi connectivity index (χ4n) is 2.37. The normalized spacial score (nSPS) is 10.9. The fraction of sp³-hybridized carbons (Fsp3) is 0.125. The van der Waals surface area contributed by atoms with Crippen LogP contribution >= 0.6 is 23.8 Å². The first kappa shape index (κ1) is 14.8. The number of hydrogen-bond acceptors (Lipinski definition) is 3. The van der Waals surface area contributed by atoms with Crippen molar-refractivity contribution in [1.29, 1.82) is 0 Å². The summed E-state index contributed by atoms with van der Waals surface area (Å²) >= 11 is 11.5. The second-order valence-electron chi connectivity index (χ2n) is 4.89. The molecule has 0 saturated carbocycles. The Balaban J connectivity index is 2.43. The molecule has 0 fully saturated rings. The number of aromatic nitrogens is 2. The molecular weight excluding hydrogens is 320 g/mol. The molecule has 1 heterocycles. The topological polar surface area (TPSA) is 47.0 Å². The van der Waals surface area contributed by atoms with Gasteiger partial charge in [-0.25, -0.2) is 4.57 Å². The summed E-state index contributed by atoms with van der Waals surface area (Å²) in [7, 11) is 1.53. The maximum Gasteiger partial charge on any atom is 0.266 e. The number of para-hydroxylation sites is 1. The van der Waals surface area contributed by atoms with Crippen molar-refractivity contribution in [3.63, 3.8) is 0 Å². The number of rotatable bonds is 2. The van der Waals surface area contributed by atoms with E-state index in [1.54, 1.807) is 18.2 Å². The number of H-pyrrole nitrogens is 1. The second-order valence-corrected chi connectivity index (χ2v) is 5.68. The van der Waals surface area contributed by atoms with Gasteiger partial charge < -0.3 is 9.72 Å². The number of aryl methyl sites for hydroxylation is 1. The van der Waals surface area contributed by atoms with Crippen molar-refractivity contribution in [3.8, 4) is 11.4 Å². The molecule has 0 radical (unpaired) electrons. The van der Waals surface area contributed by atoms with Gasteiger partial charge >= 0.3 is 0 Å². The molecule has 6 heteroatoms. The van der Waals surface area contributed by atoms with Gasteiger partial charge in [-0.15, -0.1) is 0 Å². The zero-order chi connectivity index (χ0) is 15.9. The van der Waals surface area contributed by atoms with Gasteiger partial charge in [0.05, 0.1) is 23.7 Å². The van der Waals surface area contributed by atoms with Gasteiger partial charge in [0.1, 0.15) is 5.75 Å². The average Bonchev–Trinajstić information content (AvgIpc) is 2.50. The minimum absolute atomic E-state index is 0.195. The van der Waals surface area contributed by atoms with Crippen molar-refractivity contribution < 1.29 is 4.74 Å². The molecule has 2 aromatic carbocycles. The number of benzene rings is 2. The summed E-state index contributed by atoms with van der Waals surface area (Å²) in [5, 5.41) is 1.13. The van der Waals surface area contributed by atoms with Crippen LogP contribution in [0.1, 0.15) is 5.56 Å². The van der Waals surface area contributed by atoms with E-state index in [1.807, 2.05) is 25.1 Å². The zero-order valence-electron chi connectivity index (χ0n) is 12.0. The van der Waals surface area contributed by atoms with Gasteiger partial charge in [0, 0.05) is 11.1 Å². The Bertz CT molecular complexity index is 992. The summed E-state index contributed by atoms with van der Waals surface area (Å²) in [6, 6.07) is 10.7. The standard InChI is InChI=1S/C16H13ClN2O2S/c1-9-7-13(14(21-2)8-11(9)17)19-15(20)10-5-3-4-6-12(10)18-16(19)22/h3-8H,1-2H3,(H,18,22). The van der Waals surface area contributed by atoms with Gasteiger partial charge in [-0.3, -0.25) is 4.79 Å². The van der Waals surface area contributed by atoms with E-state index in [0.717, 1.165) is 5.56 Å². The van der Waals surface area contributed by atoms with E-state index in [2.05, 4.69) is 4.98 Å². The van der Waals surface area contributed by atoms with Crippen molar-refractivity contribution in [2.45, 2.75) is 6.92 Å². The van der Waals surface area contributed by atoms with Crippen LogP contribution in [0.3, 0.4) is 0 Å². The summed E-state index contributed by atoms with van der Waals surface area (Å²) < 4.78 is 7.09. The molecule has 112 valence electrons. The Morgan fingerprint density at radius 3 is 2.73 bits per heavy atom. The number of ether oxygens (including phenoxy) is 1. The molecule has 0 bridgehead atoms. The van der Waals surface area contributed by atoms with Crippen LogP contribution in [-0.4, -0.2) is 16.7 Å². The smallest absolute Gasteiger partial charge is 0.266 e. The zero-order valence-corrected chi connectivity index (χ0v) is 13.6. The maximum absolute atomic E-state index is 12.8. The molecule has 0 spiro atoms. The molecule has 4 nitrogen and oxygen atoms in total. The summed E-state index contributed by atoms with van der Waals surface area (Å²) in [4.78, 5) is 15.9. The summed E-state index contributed by atoms with van der Waals surface area (Å²) in [6.07, 6.45) is 0. The van der Waals surface area contributed by atoms with Crippen LogP contribution < -0.4 is 10.3 Å². The summed E-state index contributed by atoms with van der Waals surface area (Å²) in [5.41, 5.74) is 1.92. The van der Waals surface area contributed by atoms with Crippen LogP contribution in [0.4, 0.5) is 0 Å². The third kappa shape index (κ3) is 2.32. The fourth-order valence-corrected chi connectivity index (χ4v) is 2.81. The molecule has 0 amide bonds. The molecule has 22 heavy (non-hydrogen) atoms. The molecule has 0 atom stereocenters. The van der Waals surface area contributed by atoms with Gasteiger partial charge in [0.15, 0.2) is 4.77 Å². The SMILES string of the molecule is COc1cc(Cl)c(C)cc1-n1c(=S)[nH]c2ccccc2c1=O. The molecule has 0 aliphatic rings. The quantitative estimate of drug-likeness (QED) is 0.721. The lowest BCUT2D eigenvalue weighted by molar-refractivity contribution is 0.412. The first-order chi connectivity index (χ1) is 10.5. The van der Waals surface area contributed by atoms with E-state index < -0.39 is 0 Å². The molecule has 3 rings (SSSR count). The van der Waals surface area contributed by atoms with Gasteiger partial charge in [-0.05, 0) is 42.9 Å². The van der Waals surface area contributed by atoms with E-state index in [4.69, 9.17) is 28.6 Å². The van der Waals surface area contributed by atoms with E-state index in [9.17, 15) is 4.79 Å². The number of halogens is 1. The maximum atomic E-state index is 12.8. The largest absolute Gasteiger partial charge is 0.495 e. The van der Waals surface area contributed by atoms with Crippen molar-refractivity contribution in [2.24, 2.45) is 0 Å². The Kier molecular flexibility index (Phi) is 3.76. The van der Waals surface area contributed by atoms with E-state index in [0.29, 0.717) is 32.1 Å². The first-order valence-corrected chi connectivity index (χ1v) is 7.40. The predicted octanol–water partition coefficient (Wildman–Crippen LogP) is 4.02. The second kappa shape index (κ2) is 5.59. The number of aromatic amines is 1. The van der Waals surface area contributed by atoms with Gasteiger partial charge in [-0.1, -0.05) is 23.7 Å². The highest BCUT2D eigenvalue weighted by molar-refractivity contribution is 7.71. The minimum atomic E-state index is -0.195. The van der Waals surface area contributed by atoms with Crippen LogP contribution in [-0.2, 0) is 0 Å². The van der Waals surface area contributed by atoms with Gasteiger partial charge in [0.2, 0.25) is 0 Å². The summed E-state index contributed by atoms with van der Waals surface area (Å²) in [5.74, 6) is 0.493. The Morgan fingerprint density at radius 1 is 1.27 bits per heavy atom. The lowest BCUT2D eigenvalue weighted by Gasteiger charge is -2.14. The highest BCUT2D eigenvalue weighted by Gasteiger charge is 2.13. The molecule has 1 N–H and O–H groups in total. The Labute approximate surface area is 136 Å². The summed E-state index contributed by atoms with van der Waals surface area (Å²) in [6.45, 7) is 1.87. The van der Waals surface area contributed by atoms with Crippen molar-refractivity contribution in [1.82, 2.24) is 9.55 Å². The third-order valence-electron chi connectivity index (χ3n) is 3.51. The monoisotopic (exact) mass is 332 g/mol.